The number of ether oxygens (including phenoxy) is 1. The average molecular weight is 234 g/mol. The molecule has 0 bridgehead atoms. The van der Waals surface area contributed by atoms with Crippen LogP contribution in [0.25, 0.3) is 0 Å². The van der Waals surface area contributed by atoms with Crippen LogP contribution in [0.1, 0.15) is 12.0 Å². The number of urea groups is 1. The third-order valence-electron chi connectivity index (χ3n) is 3.10. The summed E-state index contributed by atoms with van der Waals surface area (Å²) in [7, 11) is 0. The summed E-state index contributed by atoms with van der Waals surface area (Å²) in [5, 5.41) is 14.3. The van der Waals surface area contributed by atoms with Gasteiger partial charge in [-0.25, -0.2) is 4.79 Å². The van der Waals surface area contributed by atoms with Crippen LogP contribution in [0.4, 0.5) is 4.79 Å². The zero-order chi connectivity index (χ0) is 12.0. The summed E-state index contributed by atoms with van der Waals surface area (Å²) in [6, 6.07) is 3.99. The van der Waals surface area contributed by atoms with Crippen LogP contribution in [0.5, 0.6) is 11.5 Å². The van der Waals surface area contributed by atoms with Crippen LogP contribution < -0.4 is 15.4 Å². The molecule has 0 radical (unpaired) electrons. The highest BCUT2D eigenvalue weighted by molar-refractivity contribution is 6.07. The van der Waals surface area contributed by atoms with Gasteiger partial charge < -0.3 is 15.2 Å². The third kappa shape index (κ3) is 1.27. The number of phenolic OH excluding ortho intramolecular Hbond substituents is 1. The van der Waals surface area contributed by atoms with Gasteiger partial charge in [0.2, 0.25) is 0 Å². The molecule has 0 aliphatic carbocycles. The van der Waals surface area contributed by atoms with Gasteiger partial charge in [-0.1, -0.05) is 0 Å². The largest absolute Gasteiger partial charge is 0.508 e. The number of imide groups is 1. The van der Waals surface area contributed by atoms with Crippen LogP contribution in [0.3, 0.4) is 0 Å². The van der Waals surface area contributed by atoms with Crippen LogP contribution >= 0.6 is 0 Å². The Bertz CT molecular complexity index is 528. The molecule has 2 aliphatic heterocycles. The lowest BCUT2D eigenvalue weighted by atomic mass is 9.84. The molecule has 6 nitrogen and oxygen atoms in total. The van der Waals surface area contributed by atoms with Gasteiger partial charge in [0, 0.05) is 12.0 Å². The van der Waals surface area contributed by atoms with Crippen LogP contribution in [-0.4, -0.2) is 23.7 Å². The number of carbonyl (C=O) groups is 2. The Kier molecular flexibility index (Phi) is 1.83. The predicted molar refractivity (Wildman–Crippen MR) is 56.6 cm³/mol. The van der Waals surface area contributed by atoms with Crippen LogP contribution in [0, 0.1) is 0 Å². The lowest BCUT2D eigenvalue weighted by Crippen LogP contribution is -2.47. The highest BCUT2D eigenvalue weighted by atomic mass is 16.5. The molecule has 17 heavy (non-hydrogen) atoms. The third-order valence-corrected chi connectivity index (χ3v) is 3.10. The fraction of sp³-hybridized carbons (Fsp3) is 0.273. The van der Waals surface area contributed by atoms with Crippen LogP contribution in [-0.2, 0) is 10.3 Å². The van der Waals surface area contributed by atoms with Crippen molar-refractivity contribution in [2.24, 2.45) is 0 Å². The van der Waals surface area contributed by atoms with Gasteiger partial charge in [-0.2, -0.15) is 0 Å². The number of carbonyl (C=O) groups excluding carboxylic acids is 2. The van der Waals surface area contributed by atoms with Crippen molar-refractivity contribution in [3.05, 3.63) is 23.8 Å². The van der Waals surface area contributed by atoms with Crippen molar-refractivity contribution in [3.63, 3.8) is 0 Å². The first-order chi connectivity index (χ1) is 8.12. The van der Waals surface area contributed by atoms with Crippen LogP contribution in [0.15, 0.2) is 18.2 Å². The van der Waals surface area contributed by atoms with E-state index in [1.54, 1.807) is 6.07 Å². The maximum Gasteiger partial charge on any atom is 0.322 e. The predicted octanol–water partition coefficient (Wildman–Crippen LogP) is 0.209. The quantitative estimate of drug-likeness (QED) is 0.560. The van der Waals surface area contributed by atoms with Gasteiger partial charge in [-0.05, 0) is 18.2 Å². The summed E-state index contributed by atoms with van der Waals surface area (Å²) < 4.78 is 5.41. The molecular weight excluding hydrogens is 224 g/mol. The molecule has 1 aromatic carbocycles. The van der Waals surface area contributed by atoms with E-state index in [4.69, 9.17) is 4.74 Å². The highest BCUT2D eigenvalue weighted by Crippen LogP contribution is 2.40. The van der Waals surface area contributed by atoms with Crippen molar-refractivity contribution in [1.82, 2.24) is 10.6 Å². The number of fused-ring (bicyclic) bond motifs is 2. The Morgan fingerprint density at radius 3 is 2.88 bits per heavy atom. The van der Waals surface area contributed by atoms with Gasteiger partial charge in [-0.15, -0.1) is 0 Å². The van der Waals surface area contributed by atoms with Crippen molar-refractivity contribution >= 4 is 11.9 Å². The number of hydrogen-bond acceptors (Lipinski definition) is 4. The van der Waals surface area contributed by atoms with Crippen molar-refractivity contribution in [1.29, 1.82) is 0 Å². The van der Waals surface area contributed by atoms with Gasteiger partial charge in [-0.3, -0.25) is 10.1 Å². The molecule has 3 N–H and O–H groups in total. The number of phenols is 1. The maximum atomic E-state index is 11.9. The molecule has 6 heteroatoms. The fourth-order valence-corrected chi connectivity index (χ4v) is 2.28. The second-order valence-corrected chi connectivity index (χ2v) is 4.09. The minimum atomic E-state index is -1.11. The number of nitrogens with one attached hydrogen (secondary N) is 2. The lowest BCUT2D eigenvalue weighted by Gasteiger charge is -2.32. The molecule has 2 aliphatic rings. The molecule has 1 unspecified atom stereocenters. The molecule has 1 atom stereocenters. The van der Waals surface area contributed by atoms with Crippen molar-refractivity contribution in [2.45, 2.75) is 12.0 Å². The molecule has 1 saturated heterocycles. The average Bonchev–Trinajstić information content (AvgIpc) is 2.56. The van der Waals surface area contributed by atoms with Gasteiger partial charge in [0.05, 0.1) is 6.61 Å². The zero-order valence-corrected chi connectivity index (χ0v) is 8.82. The summed E-state index contributed by atoms with van der Waals surface area (Å²) in [5.74, 6) is 0.131. The van der Waals surface area contributed by atoms with E-state index in [0.29, 0.717) is 24.3 Å². The fourth-order valence-electron chi connectivity index (χ4n) is 2.28. The molecule has 0 aromatic heterocycles. The van der Waals surface area contributed by atoms with E-state index in [-0.39, 0.29) is 5.75 Å². The Balaban J connectivity index is 2.19. The zero-order valence-electron chi connectivity index (χ0n) is 8.82. The van der Waals surface area contributed by atoms with Gasteiger partial charge in [0.15, 0.2) is 5.54 Å². The van der Waals surface area contributed by atoms with Crippen molar-refractivity contribution in [3.8, 4) is 11.5 Å². The van der Waals surface area contributed by atoms with E-state index >= 15 is 0 Å². The number of hydrogen-bond donors (Lipinski definition) is 3. The number of aromatic hydroxyl groups is 1. The topological polar surface area (TPSA) is 87.7 Å². The molecule has 1 spiro atoms. The normalized spacial score (nSPS) is 26.1. The van der Waals surface area contributed by atoms with E-state index in [0.717, 1.165) is 0 Å². The minimum absolute atomic E-state index is 0.0302. The van der Waals surface area contributed by atoms with Crippen LogP contribution in [0.2, 0.25) is 0 Å². The second-order valence-electron chi connectivity index (χ2n) is 4.09. The standard InChI is InChI=1S/C11H10N2O4/c14-6-1-2-8-7(5-6)11(3-4-17-8)9(15)12-10(16)13-11/h1-2,5,14H,3-4H2,(H2,12,13,15,16). The first-order valence-electron chi connectivity index (χ1n) is 5.22. The highest BCUT2D eigenvalue weighted by Gasteiger charge is 2.50. The van der Waals surface area contributed by atoms with Gasteiger partial charge in [0.1, 0.15) is 11.5 Å². The Morgan fingerprint density at radius 2 is 2.18 bits per heavy atom. The van der Waals surface area contributed by atoms with Gasteiger partial charge in [0.25, 0.3) is 5.91 Å². The number of amides is 3. The molecule has 88 valence electrons. The molecular formula is C11H10N2O4. The summed E-state index contributed by atoms with van der Waals surface area (Å²) >= 11 is 0. The molecule has 3 amide bonds. The lowest BCUT2D eigenvalue weighted by molar-refractivity contribution is -0.125. The Morgan fingerprint density at radius 1 is 1.35 bits per heavy atom. The molecule has 1 fully saturated rings. The number of rotatable bonds is 0. The van der Waals surface area contributed by atoms with E-state index < -0.39 is 17.5 Å². The monoisotopic (exact) mass is 234 g/mol. The summed E-state index contributed by atoms with van der Waals surface area (Å²) in [4.78, 5) is 23.2. The van der Waals surface area contributed by atoms with E-state index in [1.807, 2.05) is 0 Å². The number of benzene rings is 1. The molecule has 3 rings (SSSR count). The first kappa shape index (κ1) is 9.95. The molecule has 1 aromatic rings. The summed E-state index contributed by atoms with van der Waals surface area (Å²) in [5.41, 5.74) is -0.615. The van der Waals surface area contributed by atoms with E-state index in [1.165, 1.54) is 12.1 Å². The maximum absolute atomic E-state index is 11.9. The molecule has 2 heterocycles. The van der Waals surface area contributed by atoms with E-state index in [9.17, 15) is 14.7 Å². The van der Waals surface area contributed by atoms with Crippen molar-refractivity contribution in [2.75, 3.05) is 6.61 Å². The van der Waals surface area contributed by atoms with Crippen molar-refractivity contribution < 1.29 is 19.4 Å². The first-order valence-corrected chi connectivity index (χ1v) is 5.22. The minimum Gasteiger partial charge on any atom is -0.508 e. The second kappa shape index (κ2) is 3.13. The van der Waals surface area contributed by atoms with E-state index in [2.05, 4.69) is 10.6 Å². The molecule has 0 saturated carbocycles. The SMILES string of the molecule is O=C1NC(=O)C2(CCOc3ccc(O)cc32)N1. The Hall–Kier alpha value is -2.24. The summed E-state index contributed by atoms with van der Waals surface area (Å²) in [6.07, 6.45) is 0.348. The Labute approximate surface area is 96.6 Å². The van der Waals surface area contributed by atoms with Gasteiger partial charge >= 0.3 is 6.03 Å². The smallest absolute Gasteiger partial charge is 0.322 e. The summed E-state index contributed by atoms with van der Waals surface area (Å²) in [6.45, 7) is 0.339.